The molecule has 110 valence electrons. The third-order valence-corrected chi connectivity index (χ3v) is 2.75. The van der Waals surface area contributed by atoms with E-state index in [0.717, 1.165) is 17.7 Å². The predicted molar refractivity (Wildman–Crippen MR) is 78.0 cm³/mol. The Kier molecular flexibility index (Phi) is 6.03. The molecule has 0 aliphatic carbocycles. The highest BCUT2D eigenvalue weighted by molar-refractivity contribution is 5.96. The van der Waals surface area contributed by atoms with Crippen molar-refractivity contribution >= 4 is 11.8 Å². The van der Waals surface area contributed by atoms with Gasteiger partial charge in [0.25, 0.3) is 5.91 Å². The van der Waals surface area contributed by atoms with Crippen molar-refractivity contribution in [1.82, 2.24) is 10.6 Å². The predicted octanol–water partition coefficient (Wildman–Crippen LogP) is 1.51. The molecule has 1 aromatic rings. The number of rotatable bonds is 6. The first-order chi connectivity index (χ1) is 9.47. The zero-order chi connectivity index (χ0) is 15.1. The number of ether oxygens (including phenoxy) is 1. The van der Waals surface area contributed by atoms with Crippen molar-refractivity contribution in [3.8, 4) is 5.75 Å². The summed E-state index contributed by atoms with van der Waals surface area (Å²) in [6.07, 6.45) is 0.867. The highest BCUT2D eigenvalue weighted by atomic mass is 16.5. The number of aryl methyl sites for hydroxylation is 1. The Morgan fingerprint density at radius 1 is 1.30 bits per heavy atom. The fourth-order valence-electron chi connectivity index (χ4n) is 1.72. The van der Waals surface area contributed by atoms with E-state index in [1.165, 1.54) is 7.05 Å². The summed E-state index contributed by atoms with van der Waals surface area (Å²) < 4.78 is 5.69. The molecule has 5 heteroatoms. The summed E-state index contributed by atoms with van der Waals surface area (Å²) in [5.74, 6) is 0.304. The van der Waals surface area contributed by atoms with Gasteiger partial charge in [-0.25, -0.2) is 0 Å². The van der Waals surface area contributed by atoms with Gasteiger partial charge in [0, 0.05) is 12.6 Å². The lowest BCUT2D eigenvalue weighted by Gasteiger charge is -2.14. The summed E-state index contributed by atoms with van der Waals surface area (Å²) in [7, 11) is 1.53. The van der Waals surface area contributed by atoms with Gasteiger partial charge in [-0.2, -0.15) is 0 Å². The number of likely N-dealkylation sites (N-methyl/N-ethyl adjacent to an activating group) is 1. The molecule has 0 heterocycles. The molecule has 0 saturated heterocycles. The molecule has 0 unspecified atom stereocenters. The first-order valence-electron chi connectivity index (χ1n) is 6.76. The smallest absolute Gasteiger partial charge is 0.251 e. The van der Waals surface area contributed by atoms with Crippen molar-refractivity contribution in [1.29, 1.82) is 0 Å². The summed E-state index contributed by atoms with van der Waals surface area (Å²) >= 11 is 0. The van der Waals surface area contributed by atoms with E-state index in [1.807, 2.05) is 20.8 Å². The van der Waals surface area contributed by atoms with Gasteiger partial charge < -0.3 is 15.4 Å². The summed E-state index contributed by atoms with van der Waals surface area (Å²) in [6.45, 7) is 5.91. The van der Waals surface area contributed by atoms with Gasteiger partial charge in [0.2, 0.25) is 5.91 Å². The summed E-state index contributed by atoms with van der Waals surface area (Å²) in [5, 5.41) is 5.02. The quantitative estimate of drug-likeness (QED) is 0.829. The monoisotopic (exact) mass is 278 g/mol. The number of carbonyl (C=O) groups excluding carboxylic acids is 2. The van der Waals surface area contributed by atoms with Crippen molar-refractivity contribution in [2.75, 3.05) is 13.6 Å². The lowest BCUT2D eigenvalue weighted by molar-refractivity contribution is -0.119. The maximum atomic E-state index is 11.9. The average Bonchev–Trinajstić information content (AvgIpc) is 2.44. The van der Waals surface area contributed by atoms with Gasteiger partial charge in [-0.1, -0.05) is 6.92 Å². The number of amides is 2. The molecule has 0 spiro atoms. The van der Waals surface area contributed by atoms with Gasteiger partial charge >= 0.3 is 0 Å². The van der Waals surface area contributed by atoms with Crippen LogP contribution in [-0.2, 0) is 11.2 Å². The topological polar surface area (TPSA) is 67.4 Å². The number of nitrogens with one attached hydrogen (secondary N) is 2. The molecule has 1 aromatic carbocycles. The van der Waals surface area contributed by atoms with Gasteiger partial charge in [-0.3, -0.25) is 9.59 Å². The second-order valence-electron chi connectivity index (χ2n) is 4.70. The van der Waals surface area contributed by atoms with Gasteiger partial charge in [0.15, 0.2) is 0 Å². The average molecular weight is 278 g/mol. The molecule has 2 amide bonds. The maximum absolute atomic E-state index is 11.9. The molecular weight excluding hydrogens is 256 g/mol. The van der Waals surface area contributed by atoms with E-state index in [2.05, 4.69) is 10.6 Å². The van der Waals surface area contributed by atoms with Crippen molar-refractivity contribution in [2.45, 2.75) is 33.3 Å². The minimum atomic E-state index is -0.264. The van der Waals surface area contributed by atoms with E-state index in [-0.39, 0.29) is 24.5 Å². The van der Waals surface area contributed by atoms with Crippen LogP contribution in [0.25, 0.3) is 0 Å². The van der Waals surface area contributed by atoms with Gasteiger partial charge in [0.1, 0.15) is 5.75 Å². The molecule has 0 aromatic heterocycles. The van der Waals surface area contributed by atoms with Crippen LogP contribution >= 0.6 is 0 Å². The first-order valence-corrected chi connectivity index (χ1v) is 6.76. The second kappa shape index (κ2) is 7.53. The molecule has 0 aliphatic rings. The minimum Gasteiger partial charge on any atom is -0.491 e. The largest absolute Gasteiger partial charge is 0.491 e. The third kappa shape index (κ3) is 4.57. The van der Waals surface area contributed by atoms with E-state index >= 15 is 0 Å². The third-order valence-electron chi connectivity index (χ3n) is 2.75. The van der Waals surface area contributed by atoms with Crippen LogP contribution in [0.4, 0.5) is 0 Å². The van der Waals surface area contributed by atoms with E-state index in [4.69, 9.17) is 4.74 Å². The number of benzene rings is 1. The highest BCUT2D eigenvalue weighted by Gasteiger charge is 2.11. The fraction of sp³-hybridized carbons (Fsp3) is 0.467. The van der Waals surface area contributed by atoms with Crippen LogP contribution in [0.5, 0.6) is 5.75 Å². The van der Waals surface area contributed by atoms with E-state index < -0.39 is 0 Å². The number of hydrogen-bond donors (Lipinski definition) is 2. The molecule has 0 atom stereocenters. The molecule has 0 radical (unpaired) electrons. The zero-order valence-corrected chi connectivity index (χ0v) is 12.4. The Bertz CT molecular complexity index is 484. The van der Waals surface area contributed by atoms with Crippen molar-refractivity contribution in [2.24, 2.45) is 0 Å². The first kappa shape index (κ1) is 16.0. The lowest BCUT2D eigenvalue weighted by Crippen LogP contribution is -2.35. The summed E-state index contributed by atoms with van der Waals surface area (Å²) in [6, 6.07) is 5.31. The van der Waals surface area contributed by atoms with Gasteiger partial charge in [-0.15, -0.1) is 0 Å². The molecule has 1 rings (SSSR count). The van der Waals surface area contributed by atoms with Gasteiger partial charge in [-0.05, 0) is 44.0 Å². The Morgan fingerprint density at radius 2 is 2.00 bits per heavy atom. The van der Waals surface area contributed by atoms with E-state index in [1.54, 1.807) is 18.2 Å². The molecule has 5 nitrogen and oxygen atoms in total. The zero-order valence-electron chi connectivity index (χ0n) is 12.4. The minimum absolute atomic E-state index is 0.0267. The maximum Gasteiger partial charge on any atom is 0.251 e. The molecular formula is C15H22N2O3. The van der Waals surface area contributed by atoms with Crippen LogP contribution in [0, 0.1) is 0 Å². The summed E-state index contributed by atoms with van der Waals surface area (Å²) in [5.41, 5.74) is 1.51. The standard InChI is InChI=1S/C15H22N2O3/c1-5-11-8-12(6-7-13(11)20-10(2)3)15(19)17-9-14(18)16-4/h6-8,10H,5,9H2,1-4H3,(H,16,18)(H,17,19). The Hall–Kier alpha value is -2.04. The lowest BCUT2D eigenvalue weighted by atomic mass is 10.1. The van der Waals surface area contributed by atoms with Crippen molar-refractivity contribution in [3.63, 3.8) is 0 Å². The number of carbonyl (C=O) groups is 2. The Labute approximate surface area is 119 Å². The van der Waals surface area contributed by atoms with Crippen molar-refractivity contribution < 1.29 is 14.3 Å². The molecule has 0 bridgehead atoms. The number of hydrogen-bond acceptors (Lipinski definition) is 3. The van der Waals surface area contributed by atoms with Crippen LogP contribution in [0.15, 0.2) is 18.2 Å². The Morgan fingerprint density at radius 3 is 2.55 bits per heavy atom. The SMILES string of the molecule is CCc1cc(C(=O)NCC(=O)NC)ccc1OC(C)C. The molecule has 0 aliphatic heterocycles. The molecule has 0 saturated carbocycles. The summed E-state index contributed by atoms with van der Waals surface area (Å²) in [4.78, 5) is 23.0. The molecule has 2 N–H and O–H groups in total. The van der Waals surface area contributed by atoms with E-state index in [0.29, 0.717) is 5.56 Å². The van der Waals surface area contributed by atoms with Crippen LogP contribution in [0.1, 0.15) is 36.7 Å². The van der Waals surface area contributed by atoms with Crippen molar-refractivity contribution in [3.05, 3.63) is 29.3 Å². The molecule has 0 fully saturated rings. The van der Waals surface area contributed by atoms with Gasteiger partial charge in [0.05, 0.1) is 12.6 Å². The Balaban J connectivity index is 2.81. The second-order valence-corrected chi connectivity index (χ2v) is 4.70. The van der Waals surface area contributed by atoms with E-state index in [9.17, 15) is 9.59 Å². The van der Waals surface area contributed by atoms with Crippen LogP contribution in [0.3, 0.4) is 0 Å². The van der Waals surface area contributed by atoms with Crippen LogP contribution in [-0.4, -0.2) is 31.5 Å². The fourth-order valence-corrected chi connectivity index (χ4v) is 1.72. The normalized spacial score (nSPS) is 10.2. The van der Waals surface area contributed by atoms with Crippen LogP contribution in [0.2, 0.25) is 0 Å². The highest BCUT2D eigenvalue weighted by Crippen LogP contribution is 2.22. The molecule has 20 heavy (non-hydrogen) atoms. The van der Waals surface area contributed by atoms with Crippen LogP contribution < -0.4 is 15.4 Å².